The largest absolute Gasteiger partial charge is 0.380 e. The van der Waals surface area contributed by atoms with Crippen LogP contribution in [0.4, 0.5) is 0 Å². The van der Waals surface area contributed by atoms with E-state index >= 15 is 0 Å². The molecule has 0 aromatic heterocycles. The molecule has 1 aromatic rings. The van der Waals surface area contributed by atoms with Crippen LogP contribution < -0.4 is 10.6 Å². The highest BCUT2D eigenvalue weighted by Crippen LogP contribution is 2.11. The molecule has 0 saturated heterocycles. The summed E-state index contributed by atoms with van der Waals surface area (Å²) in [6.45, 7) is 11.3. The maximum absolute atomic E-state index is 5.65. The Kier molecular flexibility index (Phi) is 14.7. The van der Waals surface area contributed by atoms with Crippen LogP contribution in [0.3, 0.4) is 0 Å². The number of guanidine groups is 1. The Balaban J connectivity index is 0.00000625. The lowest BCUT2D eigenvalue weighted by atomic mass is 10.1. The van der Waals surface area contributed by atoms with Gasteiger partial charge in [0.05, 0.1) is 13.2 Å². The van der Waals surface area contributed by atoms with E-state index in [-0.39, 0.29) is 24.0 Å². The van der Waals surface area contributed by atoms with Crippen molar-refractivity contribution >= 4 is 29.9 Å². The van der Waals surface area contributed by atoms with Crippen LogP contribution in [0.5, 0.6) is 0 Å². The summed E-state index contributed by atoms with van der Waals surface area (Å²) in [5.41, 5.74) is 2.59. The first-order valence-corrected chi connectivity index (χ1v) is 9.34. The Morgan fingerprint density at radius 3 is 2.42 bits per heavy atom. The summed E-state index contributed by atoms with van der Waals surface area (Å²) < 4.78 is 5.65. The molecule has 0 aliphatic heterocycles. The summed E-state index contributed by atoms with van der Waals surface area (Å²) in [5, 5.41) is 6.64. The van der Waals surface area contributed by atoms with Crippen molar-refractivity contribution in [3.05, 3.63) is 35.4 Å². The Bertz CT molecular complexity index is 506. The number of nitrogens with one attached hydrogen (secondary N) is 2. The van der Waals surface area contributed by atoms with Crippen LogP contribution in [0, 0.1) is 5.92 Å². The molecule has 0 spiro atoms. The molecule has 0 aliphatic rings. The van der Waals surface area contributed by atoms with Gasteiger partial charge in [0.15, 0.2) is 5.96 Å². The average Bonchev–Trinajstić information content (AvgIpc) is 2.56. The molecule has 1 rings (SSSR count). The van der Waals surface area contributed by atoms with E-state index in [0.29, 0.717) is 19.1 Å². The van der Waals surface area contributed by atoms with Crippen molar-refractivity contribution in [1.29, 1.82) is 0 Å². The number of hydrogen-bond donors (Lipinski definition) is 2. The molecule has 0 aliphatic carbocycles. The van der Waals surface area contributed by atoms with Crippen LogP contribution in [0.15, 0.2) is 29.3 Å². The number of benzene rings is 1. The van der Waals surface area contributed by atoms with Crippen LogP contribution in [0.2, 0.25) is 0 Å². The third-order valence-corrected chi connectivity index (χ3v) is 3.74. The molecule has 0 atom stereocenters. The summed E-state index contributed by atoms with van der Waals surface area (Å²) in [6.07, 6.45) is 1.11. The smallest absolute Gasteiger partial charge is 0.191 e. The SMILES string of the molecule is CCNC(=NCc1ccccc1CN(C)C)NCCOCCC(C)C.I. The van der Waals surface area contributed by atoms with Crippen LogP contribution in [-0.2, 0) is 17.8 Å². The Morgan fingerprint density at radius 1 is 1.12 bits per heavy atom. The van der Waals surface area contributed by atoms with Gasteiger partial charge >= 0.3 is 0 Å². The summed E-state index contributed by atoms with van der Waals surface area (Å²) in [7, 11) is 4.18. The fourth-order valence-corrected chi connectivity index (χ4v) is 2.38. The van der Waals surface area contributed by atoms with Gasteiger partial charge in [-0.1, -0.05) is 38.1 Å². The first-order chi connectivity index (χ1) is 12.0. The lowest BCUT2D eigenvalue weighted by Gasteiger charge is -2.15. The lowest BCUT2D eigenvalue weighted by molar-refractivity contribution is 0.128. The highest BCUT2D eigenvalue weighted by atomic mass is 127. The van der Waals surface area contributed by atoms with E-state index in [0.717, 1.165) is 38.6 Å². The van der Waals surface area contributed by atoms with Gasteiger partial charge in [-0.15, -0.1) is 24.0 Å². The third kappa shape index (κ3) is 11.7. The van der Waals surface area contributed by atoms with Crippen molar-refractivity contribution in [2.75, 3.05) is 40.4 Å². The minimum absolute atomic E-state index is 0. The summed E-state index contributed by atoms with van der Waals surface area (Å²) >= 11 is 0. The second-order valence-electron chi connectivity index (χ2n) is 6.92. The molecular weight excluding hydrogens is 439 g/mol. The second-order valence-corrected chi connectivity index (χ2v) is 6.92. The second kappa shape index (κ2) is 15.2. The Morgan fingerprint density at radius 2 is 1.81 bits per heavy atom. The van der Waals surface area contributed by atoms with E-state index in [4.69, 9.17) is 9.73 Å². The third-order valence-electron chi connectivity index (χ3n) is 3.74. The lowest BCUT2D eigenvalue weighted by Crippen LogP contribution is -2.39. The summed E-state index contributed by atoms with van der Waals surface area (Å²) in [5.74, 6) is 1.53. The molecule has 0 saturated carbocycles. The molecule has 0 amide bonds. The maximum atomic E-state index is 5.65. The molecule has 0 unspecified atom stereocenters. The van der Waals surface area contributed by atoms with Crippen molar-refractivity contribution in [2.24, 2.45) is 10.9 Å². The van der Waals surface area contributed by atoms with Crippen molar-refractivity contribution in [2.45, 2.75) is 40.3 Å². The van der Waals surface area contributed by atoms with Gasteiger partial charge in [0.1, 0.15) is 0 Å². The van der Waals surface area contributed by atoms with Gasteiger partial charge in [0.2, 0.25) is 0 Å². The van der Waals surface area contributed by atoms with Crippen LogP contribution in [0.25, 0.3) is 0 Å². The first kappa shape index (κ1) is 25.1. The van der Waals surface area contributed by atoms with Crippen LogP contribution in [0.1, 0.15) is 38.3 Å². The molecular formula is C20H37IN4O. The number of rotatable bonds is 11. The van der Waals surface area contributed by atoms with Gasteiger partial charge in [-0.05, 0) is 44.5 Å². The predicted molar refractivity (Wildman–Crippen MR) is 122 cm³/mol. The molecule has 1 aromatic carbocycles. The van der Waals surface area contributed by atoms with Crippen LogP contribution in [-0.4, -0.2) is 51.3 Å². The molecule has 6 heteroatoms. The minimum Gasteiger partial charge on any atom is -0.380 e. The Hall–Kier alpha value is -0.860. The first-order valence-electron chi connectivity index (χ1n) is 9.34. The van der Waals surface area contributed by atoms with Gasteiger partial charge in [-0.3, -0.25) is 0 Å². The van der Waals surface area contributed by atoms with Crippen LogP contribution >= 0.6 is 24.0 Å². The van der Waals surface area contributed by atoms with Gasteiger partial charge in [-0.2, -0.15) is 0 Å². The topological polar surface area (TPSA) is 48.9 Å². The molecule has 0 radical (unpaired) electrons. The highest BCUT2D eigenvalue weighted by molar-refractivity contribution is 14.0. The number of ether oxygens (including phenoxy) is 1. The molecule has 0 bridgehead atoms. The van der Waals surface area contributed by atoms with E-state index in [1.807, 2.05) is 0 Å². The zero-order valence-electron chi connectivity index (χ0n) is 17.0. The van der Waals surface area contributed by atoms with Crippen molar-refractivity contribution in [1.82, 2.24) is 15.5 Å². The fraction of sp³-hybridized carbons (Fsp3) is 0.650. The molecule has 0 heterocycles. The van der Waals surface area contributed by atoms with E-state index in [1.54, 1.807) is 0 Å². The van der Waals surface area contributed by atoms with Gasteiger partial charge < -0.3 is 20.3 Å². The van der Waals surface area contributed by atoms with E-state index < -0.39 is 0 Å². The molecule has 5 nitrogen and oxygen atoms in total. The quantitative estimate of drug-likeness (QED) is 0.222. The molecule has 150 valence electrons. The van der Waals surface area contributed by atoms with E-state index in [2.05, 4.69) is 74.7 Å². The van der Waals surface area contributed by atoms with E-state index in [1.165, 1.54) is 11.1 Å². The van der Waals surface area contributed by atoms with Crippen molar-refractivity contribution < 1.29 is 4.74 Å². The maximum Gasteiger partial charge on any atom is 0.191 e. The number of hydrogen-bond acceptors (Lipinski definition) is 3. The number of nitrogens with zero attached hydrogens (tertiary/aromatic N) is 2. The highest BCUT2D eigenvalue weighted by Gasteiger charge is 2.03. The number of aliphatic imine (C=N–C) groups is 1. The monoisotopic (exact) mass is 476 g/mol. The van der Waals surface area contributed by atoms with Gasteiger partial charge in [-0.25, -0.2) is 4.99 Å². The standard InChI is InChI=1S/C20H36N4O.HI/c1-6-21-20(22-12-14-25-13-11-17(2)3)23-15-18-9-7-8-10-19(18)16-24(4)5;/h7-10,17H,6,11-16H2,1-5H3,(H2,21,22,23);1H. The predicted octanol–water partition coefficient (Wildman–Crippen LogP) is 3.48. The fourth-order valence-electron chi connectivity index (χ4n) is 2.38. The Labute approximate surface area is 177 Å². The molecule has 26 heavy (non-hydrogen) atoms. The summed E-state index contributed by atoms with van der Waals surface area (Å²) in [6, 6.07) is 8.49. The normalized spacial score (nSPS) is 11.6. The summed E-state index contributed by atoms with van der Waals surface area (Å²) in [4.78, 5) is 6.90. The zero-order valence-corrected chi connectivity index (χ0v) is 19.4. The molecule has 0 fully saturated rings. The minimum atomic E-state index is 0. The number of halogens is 1. The van der Waals surface area contributed by atoms with E-state index in [9.17, 15) is 0 Å². The van der Waals surface area contributed by atoms with Crippen molar-refractivity contribution in [3.63, 3.8) is 0 Å². The zero-order chi connectivity index (χ0) is 18.5. The van der Waals surface area contributed by atoms with Gasteiger partial charge in [0, 0.05) is 26.2 Å². The van der Waals surface area contributed by atoms with Gasteiger partial charge in [0.25, 0.3) is 0 Å². The molecule has 2 N–H and O–H groups in total. The average molecular weight is 476 g/mol. The van der Waals surface area contributed by atoms with Crippen molar-refractivity contribution in [3.8, 4) is 0 Å².